The van der Waals surface area contributed by atoms with Gasteiger partial charge in [-0.3, -0.25) is 0 Å². The Morgan fingerprint density at radius 2 is 1.69 bits per heavy atom. The zero-order valence-electron chi connectivity index (χ0n) is 6.06. The number of rotatable bonds is 1. The molecule has 6 heteroatoms. The quantitative estimate of drug-likeness (QED) is 0.430. The van der Waals surface area contributed by atoms with Crippen LogP contribution < -0.4 is 0 Å². The summed E-state index contributed by atoms with van der Waals surface area (Å²) in [5.74, 6) is -3.51. The minimum atomic E-state index is -1.22. The van der Waals surface area contributed by atoms with Crippen LogP contribution in [-0.2, 0) is 0 Å². The Hall–Kier alpha value is -1.23. The lowest BCUT2D eigenvalue weighted by molar-refractivity contribution is 0.320. The van der Waals surface area contributed by atoms with E-state index in [0.29, 0.717) is 12.1 Å². The number of nitrogens with zero attached hydrogens (tertiary/aromatic N) is 1. The van der Waals surface area contributed by atoms with Gasteiger partial charge in [-0.15, -0.1) is 0 Å². The van der Waals surface area contributed by atoms with E-state index < -0.39 is 28.2 Å². The van der Waals surface area contributed by atoms with Crippen molar-refractivity contribution in [2.45, 2.75) is 0 Å². The van der Waals surface area contributed by atoms with Crippen LogP contribution in [0.15, 0.2) is 17.3 Å². The largest absolute Gasteiger partial charge is 0.410 e. The van der Waals surface area contributed by atoms with Crippen molar-refractivity contribution in [1.29, 1.82) is 0 Å². The standard InChI is InChI=1S/C7H3ClF3NO/c8-7(12-13)6-4(10)1-3(9)2-5(6)11/h1-2,13H/b12-7-. The summed E-state index contributed by atoms with van der Waals surface area (Å²) in [7, 11) is 0. The van der Waals surface area contributed by atoms with E-state index in [0.717, 1.165) is 0 Å². The van der Waals surface area contributed by atoms with Crippen molar-refractivity contribution in [3.8, 4) is 0 Å². The van der Waals surface area contributed by atoms with Crippen molar-refractivity contribution in [3.63, 3.8) is 0 Å². The molecule has 0 spiro atoms. The van der Waals surface area contributed by atoms with E-state index in [1.807, 2.05) is 0 Å². The molecule has 0 aliphatic heterocycles. The van der Waals surface area contributed by atoms with Crippen molar-refractivity contribution in [2.24, 2.45) is 5.16 Å². The summed E-state index contributed by atoms with van der Waals surface area (Å²) in [6, 6.07) is 0.873. The lowest BCUT2D eigenvalue weighted by Crippen LogP contribution is -2.01. The molecule has 0 saturated carbocycles. The Morgan fingerprint density at radius 1 is 1.23 bits per heavy atom. The van der Waals surface area contributed by atoms with Crippen LogP contribution >= 0.6 is 11.6 Å². The minimum Gasteiger partial charge on any atom is -0.410 e. The highest BCUT2D eigenvalue weighted by atomic mass is 35.5. The predicted octanol–water partition coefficient (Wildman–Crippen LogP) is 2.48. The van der Waals surface area contributed by atoms with E-state index in [4.69, 9.17) is 16.8 Å². The van der Waals surface area contributed by atoms with Crippen molar-refractivity contribution < 1.29 is 18.4 Å². The van der Waals surface area contributed by atoms with Gasteiger partial charge in [0.05, 0.1) is 5.56 Å². The van der Waals surface area contributed by atoms with Crippen LogP contribution in [0.4, 0.5) is 13.2 Å². The smallest absolute Gasteiger partial charge is 0.181 e. The first-order chi connectivity index (χ1) is 6.06. The Bertz CT molecular complexity index is 344. The summed E-state index contributed by atoms with van der Waals surface area (Å²) in [5, 5.41) is 9.76. The van der Waals surface area contributed by atoms with E-state index >= 15 is 0 Å². The Morgan fingerprint density at radius 3 is 2.08 bits per heavy atom. The van der Waals surface area contributed by atoms with Gasteiger partial charge in [-0.05, 0) is 0 Å². The maximum atomic E-state index is 12.8. The summed E-state index contributed by atoms with van der Waals surface area (Å²) in [6.07, 6.45) is 0. The first kappa shape index (κ1) is 9.85. The second kappa shape index (κ2) is 3.66. The molecule has 1 aromatic rings. The van der Waals surface area contributed by atoms with Gasteiger partial charge in [-0.25, -0.2) is 13.2 Å². The monoisotopic (exact) mass is 209 g/mol. The van der Waals surface area contributed by atoms with E-state index in [2.05, 4.69) is 5.16 Å². The lowest BCUT2D eigenvalue weighted by atomic mass is 10.2. The fourth-order valence-corrected chi connectivity index (χ4v) is 0.970. The first-order valence-electron chi connectivity index (χ1n) is 3.08. The van der Waals surface area contributed by atoms with Gasteiger partial charge >= 0.3 is 0 Å². The number of benzene rings is 1. The number of hydrogen-bond acceptors (Lipinski definition) is 2. The maximum Gasteiger partial charge on any atom is 0.181 e. The van der Waals surface area contributed by atoms with Crippen molar-refractivity contribution >= 4 is 16.8 Å². The molecule has 0 aromatic heterocycles. The van der Waals surface area contributed by atoms with Crippen LogP contribution in [0.3, 0.4) is 0 Å². The molecule has 0 unspecified atom stereocenters. The predicted molar refractivity (Wildman–Crippen MR) is 40.5 cm³/mol. The summed E-state index contributed by atoms with van der Waals surface area (Å²) in [5.41, 5.74) is -0.759. The summed E-state index contributed by atoms with van der Waals surface area (Å²) >= 11 is 5.15. The Kier molecular flexibility index (Phi) is 2.77. The van der Waals surface area contributed by atoms with Crippen molar-refractivity contribution in [3.05, 3.63) is 35.1 Å². The second-order valence-electron chi connectivity index (χ2n) is 2.14. The Labute approximate surface area is 76.2 Å². The van der Waals surface area contributed by atoms with Crippen molar-refractivity contribution in [1.82, 2.24) is 0 Å². The average Bonchev–Trinajstić information content (AvgIpc) is 2.02. The lowest BCUT2D eigenvalue weighted by Gasteiger charge is -2.00. The van der Waals surface area contributed by atoms with Gasteiger partial charge in [-0.2, -0.15) is 0 Å². The van der Waals surface area contributed by atoms with Crippen LogP contribution in [0, 0.1) is 17.5 Å². The van der Waals surface area contributed by atoms with Gasteiger partial charge in [0, 0.05) is 12.1 Å². The molecule has 0 bridgehead atoms. The zero-order valence-corrected chi connectivity index (χ0v) is 6.82. The topological polar surface area (TPSA) is 32.6 Å². The third-order valence-corrected chi connectivity index (χ3v) is 1.57. The third-order valence-electron chi connectivity index (χ3n) is 1.30. The molecule has 0 amide bonds. The highest BCUT2D eigenvalue weighted by molar-refractivity contribution is 6.69. The minimum absolute atomic E-state index is 0.436. The molecule has 13 heavy (non-hydrogen) atoms. The summed E-state index contributed by atoms with van der Waals surface area (Å²) < 4.78 is 37.9. The fraction of sp³-hybridized carbons (Fsp3) is 0. The molecule has 0 atom stereocenters. The van der Waals surface area contributed by atoms with Gasteiger partial charge < -0.3 is 5.21 Å². The van der Waals surface area contributed by atoms with Crippen LogP contribution in [0.25, 0.3) is 0 Å². The molecule has 2 nitrogen and oxygen atoms in total. The van der Waals surface area contributed by atoms with Crippen molar-refractivity contribution in [2.75, 3.05) is 0 Å². The highest BCUT2D eigenvalue weighted by Gasteiger charge is 2.15. The number of oxime groups is 1. The van der Waals surface area contributed by atoms with Crippen LogP contribution in [-0.4, -0.2) is 10.4 Å². The third kappa shape index (κ3) is 1.92. The molecule has 1 aromatic carbocycles. The molecule has 0 aliphatic rings. The fourth-order valence-electron chi connectivity index (χ4n) is 0.789. The van der Waals surface area contributed by atoms with E-state index in [-0.39, 0.29) is 0 Å². The molecular weight excluding hydrogens is 207 g/mol. The summed E-state index contributed by atoms with van der Waals surface area (Å²) in [6.45, 7) is 0. The van der Waals surface area contributed by atoms with Gasteiger partial charge in [-0.1, -0.05) is 16.8 Å². The zero-order chi connectivity index (χ0) is 10.0. The molecule has 1 rings (SSSR count). The number of hydrogen-bond donors (Lipinski definition) is 1. The SMILES string of the molecule is O/N=C(\Cl)c1c(F)cc(F)cc1F. The number of halogens is 4. The van der Waals surface area contributed by atoms with Gasteiger partial charge in [0.1, 0.15) is 17.5 Å². The first-order valence-corrected chi connectivity index (χ1v) is 3.46. The van der Waals surface area contributed by atoms with Crippen LogP contribution in [0.5, 0.6) is 0 Å². The highest BCUT2D eigenvalue weighted by Crippen LogP contribution is 2.17. The molecule has 0 aliphatic carbocycles. The van der Waals surface area contributed by atoms with Gasteiger partial charge in [0.15, 0.2) is 5.17 Å². The summed E-state index contributed by atoms with van der Waals surface area (Å²) in [4.78, 5) is 0. The molecular formula is C7H3ClF3NO. The molecule has 1 N–H and O–H groups in total. The normalized spacial score (nSPS) is 11.8. The van der Waals surface area contributed by atoms with E-state index in [1.165, 1.54) is 0 Å². The van der Waals surface area contributed by atoms with Gasteiger partial charge in [0.2, 0.25) is 0 Å². The molecule has 0 saturated heterocycles. The maximum absolute atomic E-state index is 12.8. The van der Waals surface area contributed by atoms with E-state index in [1.54, 1.807) is 0 Å². The Balaban J connectivity index is 3.37. The van der Waals surface area contributed by atoms with Crippen LogP contribution in [0.1, 0.15) is 5.56 Å². The van der Waals surface area contributed by atoms with Gasteiger partial charge in [0.25, 0.3) is 0 Å². The average molecular weight is 210 g/mol. The molecule has 0 heterocycles. The van der Waals surface area contributed by atoms with E-state index in [9.17, 15) is 13.2 Å². The molecule has 0 radical (unpaired) electrons. The molecule has 0 fully saturated rings. The second-order valence-corrected chi connectivity index (χ2v) is 2.49. The van der Waals surface area contributed by atoms with Crippen LogP contribution in [0.2, 0.25) is 0 Å². The molecule has 70 valence electrons.